The van der Waals surface area contributed by atoms with Gasteiger partial charge in [0.15, 0.2) is 0 Å². The van der Waals surface area contributed by atoms with E-state index in [9.17, 15) is 4.79 Å². The molecule has 0 aliphatic carbocycles. The molecule has 0 atom stereocenters. The van der Waals surface area contributed by atoms with Crippen molar-refractivity contribution in [1.29, 1.82) is 0 Å². The first-order valence-corrected chi connectivity index (χ1v) is 7.46. The molecule has 1 rings (SSSR count). The van der Waals surface area contributed by atoms with Crippen LogP contribution in [0.25, 0.3) is 0 Å². The molecule has 0 unspecified atom stereocenters. The number of nitrogens with one attached hydrogen (secondary N) is 4. The number of carbonyl (C=O) groups excluding carboxylic acids is 1. The van der Waals surface area contributed by atoms with E-state index >= 15 is 0 Å². The molecule has 112 valence electrons. The Morgan fingerprint density at radius 2 is 1.85 bits per heavy atom. The van der Waals surface area contributed by atoms with Gasteiger partial charge in [0, 0.05) is 30.9 Å². The summed E-state index contributed by atoms with van der Waals surface area (Å²) in [5.74, 6) is -0.00593. The van der Waals surface area contributed by atoms with Crippen LogP contribution in [0, 0.1) is 0 Å². The van der Waals surface area contributed by atoms with Crippen molar-refractivity contribution in [1.82, 2.24) is 15.6 Å². The van der Waals surface area contributed by atoms with Crippen LogP contribution in [0.5, 0.6) is 0 Å². The van der Waals surface area contributed by atoms with Gasteiger partial charge in [0.2, 0.25) is 0 Å². The van der Waals surface area contributed by atoms with Gasteiger partial charge in [0.05, 0.1) is 0 Å². The van der Waals surface area contributed by atoms with Gasteiger partial charge in [-0.15, -0.1) is 0 Å². The largest absolute Gasteiger partial charge is 0.384 e. The van der Waals surface area contributed by atoms with E-state index in [-0.39, 0.29) is 5.91 Å². The summed E-state index contributed by atoms with van der Waals surface area (Å²) in [5, 5.41) is 6.16. The summed E-state index contributed by atoms with van der Waals surface area (Å²) in [7, 11) is 0. The van der Waals surface area contributed by atoms with Crippen molar-refractivity contribution in [2.45, 2.75) is 26.2 Å². The molecule has 0 bridgehead atoms. The molecule has 1 amide bonds. The number of thiol groups is 1. The zero-order valence-electron chi connectivity index (χ0n) is 11.9. The number of hydrogen-bond donors (Lipinski definition) is 5. The molecule has 1 aromatic rings. The number of hydrogen-bond acceptors (Lipinski definition) is 5. The van der Waals surface area contributed by atoms with Crippen molar-refractivity contribution in [3.63, 3.8) is 0 Å². The Labute approximate surface area is 126 Å². The standard InChI is InChI=1S/C14H24N4OS/c1-2-3-4-9-16-14(19)12-5-7-13(8-6-12)15-10-11-17-18-20/h5-8,15,17-18,20H,2-4,9-11H2,1H3,(H,16,19). The van der Waals surface area contributed by atoms with Gasteiger partial charge in [0.1, 0.15) is 0 Å². The average molecular weight is 296 g/mol. The molecule has 0 saturated heterocycles. The summed E-state index contributed by atoms with van der Waals surface area (Å²) in [4.78, 5) is 14.4. The second-order valence-electron chi connectivity index (χ2n) is 4.51. The molecular weight excluding hydrogens is 272 g/mol. The zero-order valence-corrected chi connectivity index (χ0v) is 12.8. The Morgan fingerprint density at radius 3 is 2.50 bits per heavy atom. The van der Waals surface area contributed by atoms with Gasteiger partial charge < -0.3 is 10.6 Å². The first kappa shape index (κ1) is 16.8. The quantitative estimate of drug-likeness (QED) is 0.260. The van der Waals surface area contributed by atoms with Gasteiger partial charge in [-0.25, -0.2) is 10.3 Å². The van der Waals surface area contributed by atoms with Crippen molar-refractivity contribution in [2.75, 3.05) is 25.0 Å². The lowest BCUT2D eigenvalue weighted by Crippen LogP contribution is -2.28. The molecule has 1 aromatic carbocycles. The molecular formula is C14H24N4OS. The van der Waals surface area contributed by atoms with Crippen LogP contribution in [0.2, 0.25) is 0 Å². The molecule has 0 aliphatic heterocycles. The van der Waals surface area contributed by atoms with Gasteiger partial charge in [-0.05, 0) is 30.7 Å². The van der Waals surface area contributed by atoms with E-state index in [1.807, 2.05) is 24.3 Å². The summed E-state index contributed by atoms with van der Waals surface area (Å²) in [6.07, 6.45) is 3.35. The van der Waals surface area contributed by atoms with Crippen LogP contribution in [0.1, 0.15) is 36.5 Å². The van der Waals surface area contributed by atoms with E-state index in [1.165, 1.54) is 0 Å². The number of anilines is 1. The number of benzene rings is 1. The highest BCUT2D eigenvalue weighted by Gasteiger charge is 2.04. The van der Waals surface area contributed by atoms with Gasteiger partial charge in [0.25, 0.3) is 5.91 Å². The summed E-state index contributed by atoms with van der Waals surface area (Å²) in [6.45, 7) is 4.42. The molecule has 0 aromatic heterocycles. The third-order valence-electron chi connectivity index (χ3n) is 2.87. The monoisotopic (exact) mass is 296 g/mol. The lowest BCUT2D eigenvalue weighted by molar-refractivity contribution is 0.0953. The lowest BCUT2D eigenvalue weighted by Gasteiger charge is -2.08. The minimum atomic E-state index is -0.00593. The Morgan fingerprint density at radius 1 is 1.10 bits per heavy atom. The van der Waals surface area contributed by atoms with E-state index in [4.69, 9.17) is 0 Å². The fraction of sp³-hybridized carbons (Fsp3) is 0.500. The van der Waals surface area contributed by atoms with Crippen LogP contribution in [0.4, 0.5) is 5.69 Å². The molecule has 0 aliphatic rings. The number of amides is 1. The van der Waals surface area contributed by atoms with Gasteiger partial charge in [-0.1, -0.05) is 32.6 Å². The Balaban J connectivity index is 2.31. The Hall–Kier alpha value is -1.24. The summed E-state index contributed by atoms with van der Waals surface area (Å²) >= 11 is 3.82. The first-order valence-electron chi connectivity index (χ1n) is 7.02. The highest BCUT2D eigenvalue weighted by atomic mass is 32.1. The van der Waals surface area contributed by atoms with Gasteiger partial charge >= 0.3 is 0 Å². The summed E-state index contributed by atoms with van der Waals surface area (Å²) in [6, 6.07) is 7.49. The van der Waals surface area contributed by atoms with Crippen molar-refractivity contribution in [2.24, 2.45) is 0 Å². The normalized spacial score (nSPS) is 10.3. The number of rotatable bonds is 10. The minimum absolute atomic E-state index is 0.00593. The van der Waals surface area contributed by atoms with Crippen LogP contribution in [-0.4, -0.2) is 25.5 Å². The maximum atomic E-state index is 11.9. The van der Waals surface area contributed by atoms with Crippen LogP contribution < -0.4 is 20.9 Å². The first-order chi connectivity index (χ1) is 9.77. The van der Waals surface area contributed by atoms with Crippen LogP contribution in [0.15, 0.2) is 24.3 Å². The molecule has 4 N–H and O–H groups in total. The van der Waals surface area contributed by atoms with Crippen LogP contribution in [0.3, 0.4) is 0 Å². The van der Waals surface area contributed by atoms with E-state index in [1.54, 1.807) is 0 Å². The van der Waals surface area contributed by atoms with Crippen molar-refractivity contribution >= 4 is 24.4 Å². The zero-order chi connectivity index (χ0) is 14.6. The highest BCUT2D eigenvalue weighted by molar-refractivity contribution is 7.78. The van der Waals surface area contributed by atoms with Gasteiger partial charge in [-0.3, -0.25) is 4.79 Å². The predicted octanol–water partition coefficient (Wildman–Crippen LogP) is 1.96. The van der Waals surface area contributed by atoms with Crippen molar-refractivity contribution in [3.8, 4) is 0 Å². The van der Waals surface area contributed by atoms with E-state index in [0.29, 0.717) is 5.56 Å². The second-order valence-corrected chi connectivity index (χ2v) is 4.73. The van der Waals surface area contributed by atoms with Crippen LogP contribution in [-0.2, 0) is 0 Å². The summed E-state index contributed by atoms with van der Waals surface area (Å²) < 4.78 is 0. The average Bonchev–Trinajstić information content (AvgIpc) is 2.48. The van der Waals surface area contributed by atoms with Crippen LogP contribution >= 0.6 is 12.8 Å². The predicted molar refractivity (Wildman–Crippen MR) is 86.9 cm³/mol. The molecule has 6 heteroatoms. The second kappa shape index (κ2) is 10.5. The lowest BCUT2D eigenvalue weighted by atomic mass is 10.2. The third kappa shape index (κ3) is 6.79. The molecule has 0 radical (unpaired) electrons. The van der Waals surface area contributed by atoms with Gasteiger partial charge in [-0.2, -0.15) is 0 Å². The molecule has 0 heterocycles. The Bertz CT molecular complexity index is 383. The van der Waals surface area contributed by atoms with Crippen molar-refractivity contribution < 1.29 is 4.79 Å². The number of carbonyl (C=O) groups is 1. The maximum absolute atomic E-state index is 11.9. The molecule has 0 saturated carbocycles. The Kier molecular flexibility index (Phi) is 8.86. The molecule has 5 nitrogen and oxygen atoms in total. The van der Waals surface area contributed by atoms with E-state index in [2.05, 4.69) is 40.6 Å². The molecule has 0 fully saturated rings. The number of unbranched alkanes of at least 4 members (excludes halogenated alkanes) is 2. The summed E-state index contributed by atoms with van der Waals surface area (Å²) in [5.41, 5.74) is 4.56. The minimum Gasteiger partial charge on any atom is -0.384 e. The smallest absolute Gasteiger partial charge is 0.251 e. The fourth-order valence-electron chi connectivity index (χ4n) is 1.74. The number of hydrazine groups is 1. The molecule has 20 heavy (non-hydrogen) atoms. The highest BCUT2D eigenvalue weighted by Crippen LogP contribution is 2.09. The third-order valence-corrected chi connectivity index (χ3v) is 3.03. The molecule has 0 spiro atoms. The maximum Gasteiger partial charge on any atom is 0.251 e. The van der Waals surface area contributed by atoms with E-state index in [0.717, 1.165) is 44.6 Å². The SMILES string of the molecule is CCCCCNC(=O)c1ccc(NCCNNS)cc1. The van der Waals surface area contributed by atoms with Crippen molar-refractivity contribution in [3.05, 3.63) is 29.8 Å². The topological polar surface area (TPSA) is 65.2 Å². The van der Waals surface area contributed by atoms with E-state index < -0.39 is 0 Å². The fourth-order valence-corrected chi connectivity index (χ4v) is 1.86.